The Kier molecular flexibility index (Phi) is 11.9. The molecule has 0 radical (unpaired) electrons. The van der Waals surface area contributed by atoms with Gasteiger partial charge >= 0.3 is 0 Å². The van der Waals surface area contributed by atoms with Gasteiger partial charge in [-0.1, -0.05) is 78.7 Å². The van der Waals surface area contributed by atoms with Crippen LogP contribution in [-0.2, 0) is 32.6 Å². The van der Waals surface area contributed by atoms with Gasteiger partial charge in [-0.25, -0.2) is 8.42 Å². The van der Waals surface area contributed by atoms with E-state index in [1.807, 2.05) is 55.5 Å². The summed E-state index contributed by atoms with van der Waals surface area (Å²) in [6.07, 6.45) is 2.50. The zero-order valence-corrected chi connectivity index (χ0v) is 25.1. The molecule has 0 fully saturated rings. The Hall–Kier alpha value is -3.07. The molecule has 3 rings (SSSR count). The monoisotopic (exact) mass is 603 g/mol. The van der Waals surface area contributed by atoms with E-state index in [2.05, 4.69) is 5.32 Å². The summed E-state index contributed by atoms with van der Waals surface area (Å²) in [5.41, 5.74) is 2.10. The molecule has 0 heterocycles. The van der Waals surface area contributed by atoms with Crippen LogP contribution in [0.1, 0.15) is 37.3 Å². The van der Waals surface area contributed by atoms with Crippen molar-refractivity contribution in [3.63, 3.8) is 0 Å². The van der Waals surface area contributed by atoms with Gasteiger partial charge in [-0.2, -0.15) is 0 Å². The highest BCUT2D eigenvalue weighted by Crippen LogP contribution is 2.23. The summed E-state index contributed by atoms with van der Waals surface area (Å²) in [5, 5.41) is 3.94. The van der Waals surface area contributed by atoms with Gasteiger partial charge in [0.25, 0.3) is 0 Å². The number of sulfonamides is 1. The van der Waals surface area contributed by atoms with Crippen molar-refractivity contribution >= 4 is 50.7 Å². The van der Waals surface area contributed by atoms with Crippen molar-refractivity contribution in [3.05, 3.63) is 100 Å². The van der Waals surface area contributed by atoms with Gasteiger partial charge in [0.2, 0.25) is 21.8 Å². The van der Waals surface area contributed by atoms with Gasteiger partial charge in [0.1, 0.15) is 6.04 Å². The molecule has 7 nitrogen and oxygen atoms in total. The fourth-order valence-corrected chi connectivity index (χ4v) is 5.63. The minimum atomic E-state index is -3.60. The summed E-state index contributed by atoms with van der Waals surface area (Å²) in [4.78, 5) is 28.8. The topological polar surface area (TPSA) is 86.8 Å². The van der Waals surface area contributed by atoms with E-state index in [-0.39, 0.29) is 37.7 Å². The molecule has 0 aliphatic heterocycles. The van der Waals surface area contributed by atoms with E-state index in [1.54, 1.807) is 35.2 Å². The molecule has 3 aromatic rings. The van der Waals surface area contributed by atoms with Gasteiger partial charge in [-0.05, 0) is 54.3 Å². The van der Waals surface area contributed by atoms with Gasteiger partial charge in [-0.15, -0.1) is 0 Å². The Morgan fingerprint density at radius 3 is 2.20 bits per heavy atom. The first-order valence-corrected chi connectivity index (χ1v) is 15.8. The number of halogens is 2. The molecule has 1 N–H and O–H groups in total. The maximum absolute atomic E-state index is 13.8. The van der Waals surface area contributed by atoms with Crippen LogP contribution >= 0.6 is 23.2 Å². The van der Waals surface area contributed by atoms with Crippen molar-refractivity contribution in [1.82, 2.24) is 10.2 Å². The first-order valence-electron chi connectivity index (χ1n) is 13.2. The summed E-state index contributed by atoms with van der Waals surface area (Å²) in [5.74, 6) is -0.512. The highest BCUT2D eigenvalue weighted by atomic mass is 35.5. The van der Waals surface area contributed by atoms with Gasteiger partial charge in [0.05, 0.1) is 11.9 Å². The fourth-order valence-electron chi connectivity index (χ4n) is 4.34. The van der Waals surface area contributed by atoms with Crippen LogP contribution in [0.2, 0.25) is 10.0 Å². The van der Waals surface area contributed by atoms with Crippen molar-refractivity contribution in [2.24, 2.45) is 0 Å². The number of benzene rings is 3. The number of hydrogen-bond donors (Lipinski definition) is 1. The number of nitrogens with zero attached hydrogens (tertiary/aromatic N) is 2. The molecule has 0 aliphatic carbocycles. The van der Waals surface area contributed by atoms with Gasteiger partial charge in [0, 0.05) is 42.5 Å². The molecule has 10 heteroatoms. The van der Waals surface area contributed by atoms with Gasteiger partial charge in [-0.3, -0.25) is 13.9 Å². The third kappa shape index (κ3) is 9.25. The van der Waals surface area contributed by atoms with E-state index in [9.17, 15) is 18.0 Å². The number of carbonyl (C=O) groups is 2. The van der Waals surface area contributed by atoms with Crippen molar-refractivity contribution < 1.29 is 18.0 Å². The van der Waals surface area contributed by atoms with E-state index in [0.717, 1.165) is 23.8 Å². The minimum Gasteiger partial charge on any atom is -0.354 e. The van der Waals surface area contributed by atoms with Crippen LogP contribution in [-0.4, -0.2) is 50.5 Å². The van der Waals surface area contributed by atoms with Crippen LogP contribution in [0.5, 0.6) is 0 Å². The minimum absolute atomic E-state index is 0.0381. The quantitative estimate of drug-likeness (QED) is 0.256. The Morgan fingerprint density at radius 1 is 0.925 bits per heavy atom. The molecular formula is C30H35Cl2N3O4S. The zero-order chi connectivity index (χ0) is 29.1. The standard InChI is InChI=1S/C30H35Cl2N3O4S/c1-3-19-33-30(37)28(21-23-10-5-4-6-11-23)34(22-24-12-7-8-13-27(24)32)29(36)14-9-20-35(40(2,38)39)26-17-15-25(31)16-18-26/h4-8,10-13,15-18,28H,3,9,14,19-22H2,1-2H3,(H,33,37)/t28-/m0/s1. The average molecular weight is 605 g/mol. The second kappa shape index (κ2) is 15.1. The molecule has 0 spiro atoms. The highest BCUT2D eigenvalue weighted by molar-refractivity contribution is 7.92. The maximum Gasteiger partial charge on any atom is 0.243 e. The number of carbonyl (C=O) groups excluding carboxylic acids is 2. The normalized spacial score (nSPS) is 12.0. The molecule has 1 atom stereocenters. The van der Waals surface area contributed by atoms with E-state index >= 15 is 0 Å². The molecule has 0 saturated carbocycles. The third-order valence-corrected chi connectivity index (χ3v) is 8.20. The molecule has 0 aromatic heterocycles. The lowest BCUT2D eigenvalue weighted by atomic mass is 10.0. The molecule has 0 saturated heterocycles. The number of amides is 2. The summed E-state index contributed by atoms with van der Waals surface area (Å²) >= 11 is 12.4. The van der Waals surface area contributed by atoms with E-state index in [4.69, 9.17) is 23.2 Å². The SMILES string of the molecule is CCCNC(=O)[C@H](Cc1ccccc1)N(Cc1ccccc1Cl)C(=O)CCCN(c1ccc(Cl)cc1)S(C)(=O)=O. The van der Waals surface area contributed by atoms with Crippen LogP contribution in [0.25, 0.3) is 0 Å². The molecule has 0 aliphatic rings. The lowest BCUT2D eigenvalue weighted by Gasteiger charge is -2.32. The molecule has 0 bridgehead atoms. The first kappa shape index (κ1) is 31.5. The van der Waals surface area contributed by atoms with Crippen molar-refractivity contribution in [1.29, 1.82) is 0 Å². The Balaban J connectivity index is 1.87. The van der Waals surface area contributed by atoms with Crippen molar-refractivity contribution in [3.8, 4) is 0 Å². The van der Waals surface area contributed by atoms with Crippen molar-refractivity contribution in [2.75, 3.05) is 23.7 Å². The zero-order valence-electron chi connectivity index (χ0n) is 22.7. The number of nitrogens with one attached hydrogen (secondary N) is 1. The van der Waals surface area contributed by atoms with E-state index < -0.39 is 16.1 Å². The molecule has 3 aromatic carbocycles. The second-order valence-corrected chi connectivity index (χ2v) is 12.3. The summed E-state index contributed by atoms with van der Waals surface area (Å²) in [6.45, 7) is 2.69. The maximum atomic E-state index is 13.8. The van der Waals surface area contributed by atoms with E-state index in [0.29, 0.717) is 28.7 Å². The smallest absolute Gasteiger partial charge is 0.243 e. The predicted molar refractivity (Wildman–Crippen MR) is 162 cm³/mol. The third-order valence-electron chi connectivity index (χ3n) is 6.39. The molecular weight excluding hydrogens is 569 g/mol. The Morgan fingerprint density at radius 2 is 1.57 bits per heavy atom. The Bertz CT molecular complexity index is 1370. The van der Waals surface area contributed by atoms with E-state index in [1.165, 1.54) is 4.31 Å². The second-order valence-electron chi connectivity index (χ2n) is 9.52. The summed E-state index contributed by atoms with van der Waals surface area (Å²) in [7, 11) is -3.60. The summed E-state index contributed by atoms with van der Waals surface area (Å²) in [6, 6.07) is 22.5. The van der Waals surface area contributed by atoms with Crippen LogP contribution in [0.4, 0.5) is 5.69 Å². The average Bonchev–Trinajstić information content (AvgIpc) is 2.93. The first-order chi connectivity index (χ1) is 19.1. The van der Waals surface area contributed by atoms with Crippen LogP contribution in [0.3, 0.4) is 0 Å². The molecule has 2 amide bonds. The Labute approximate surface area is 247 Å². The van der Waals surface area contributed by atoms with Gasteiger partial charge < -0.3 is 10.2 Å². The molecule has 0 unspecified atom stereocenters. The highest BCUT2D eigenvalue weighted by Gasteiger charge is 2.30. The van der Waals surface area contributed by atoms with Crippen LogP contribution < -0.4 is 9.62 Å². The van der Waals surface area contributed by atoms with Crippen LogP contribution in [0, 0.1) is 0 Å². The number of rotatable bonds is 14. The fraction of sp³-hybridized carbons (Fsp3) is 0.333. The lowest BCUT2D eigenvalue weighted by Crippen LogP contribution is -2.50. The number of anilines is 1. The number of hydrogen-bond acceptors (Lipinski definition) is 4. The van der Waals surface area contributed by atoms with Crippen LogP contribution in [0.15, 0.2) is 78.9 Å². The molecule has 40 heavy (non-hydrogen) atoms. The largest absolute Gasteiger partial charge is 0.354 e. The van der Waals surface area contributed by atoms with Gasteiger partial charge in [0.15, 0.2) is 0 Å². The molecule has 214 valence electrons. The predicted octanol–water partition coefficient (Wildman–Crippen LogP) is 5.71. The lowest BCUT2D eigenvalue weighted by molar-refractivity contribution is -0.141. The summed E-state index contributed by atoms with van der Waals surface area (Å²) < 4.78 is 26.3. The van der Waals surface area contributed by atoms with Crippen molar-refractivity contribution in [2.45, 2.75) is 45.2 Å².